The van der Waals surface area contributed by atoms with Crippen LogP contribution in [0.3, 0.4) is 0 Å². The van der Waals surface area contributed by atoms with Crippen LogP contribution in [-0.4, -0.2) is 12.4 Å². The van der Waals surface area contributed by atoms with E-state index in [0.717, 1.165) is 39.9 Å². The van der Waals surface area contributed by atoms with Crippen molar-refractivity contribution in [3.05, 3.63) is 77.4 Å². The second-order valence-electron chi connectivity index (χ2n) is 6.75. The molecule has 0 aliphatic carbocycles. The Hall–Kier alpha value is -3.07. The number of fused-ring (bicyclic) bond motifs is 5. The first-order valence-corrected chi connectivity index (χ1v) is 9.09. The molecule has 1 aliphatic heterocycles. The van der Waals surface area contributed by atoms with Crippen molar-refractivity contribution in [2.45, 2.75) is 20.4 Å². The van der Waals surface area contributed by atoms with Gasteiger partial charge in [-0.15, -0.1) is 0 Å². The number of furan rings is 1. The number of benzene rings is 3. The molecule has 1 aliphatic rings. The minimum Gasteiger partial charge on any atom is -0.455 e. The minimum absolute atomic E-state index is 0.708. The smallest absolute Gasteiger partial charge is 0.146 e. The highest BCUT2D eigenvalue weighted by Gasteiger charge is 2.27. The van der Waals surface area contributed by atoms with Crippen molar-refractivity contribution in [3.8, 4) is 0 Å². The zero-order chi connectivity index (χ0) is 17.7. The SMILES string of the molecule is CCN(C1=NCc2ccc3c(oc4ccccc43)c21)c1ccccc1C. The first-order chi connectivity index (χ1) is 12.8. The van der Waals surface area contributed by atoms with Crippen LogP contribution in [0.2, 0.25) is 0 Å². The van der Waals surface area contributed by atoms with Gasteiger partial charge in [0.05, 0.1) is 12.1 Å². The van der Waals surface area contributed by atoms with Gasteiger partial charge in [0.1, 0.15) is 17.0 Å². The third-order valence-electron chi connectivity index (χ3n) is 5.23. The van der Waals surface area contributed by atoms with Crippen LogP contribution >= 0.6 is 0 Å². The number of aryl methyl sites for hydroxylation is 1. The fraction of sp³-hybridized carbons (Fsp3) is 0.174. The molecule has 0 unspecified atom stereocenters. The molecule has 0 saturated carbocycles. The molecule has 0 saturated heterocycles. The molecule has 0 radical (unpaired) electrons. The molecule has 0 atom stereocenters. The molecule has 0 N–H and O–H groups in total. The summed E-state index contributed by atoms with van der Waals surface area (Å²) in [7, 11) is 0. The second-order valence-corrected chi connectivity index (χ2v) is 6.75. The summed E-state index contributed by atoms with van der Waals surface area (Å²) in [5.41, 5.74) is 6.72. The average molecular weight is 340 g/mol. The molecule has 3 heteroatoms. The van der Waals surface area contributed by atoms with Crippen LogP contribution in [0.25, 0.3) is 21.9 Å². The molecule has 0 spiro atoms. The van der Waals surface area contributed by atoms with Gasteiger partial charge in [-0.05, 0) is 37.1 Å². The van der Waals surface area contributed by atoms with Crippen LogP contribution in [0.15, 0.2) is 70.1 Å². The summed E-state index contributed by atoms with van der Waals surface area (Å²) in [6.07, 6.45) is 0. The monoisotopic (exact) mass is 340 g/mol. The molecule has 5 rings (SSSR count). The summed E-state index contributed by atoms with van der Waals surface area (Å²) < 4.78 is 6.28. The van der Waals surface area contributed by atoms with Gasteiger partial charge in [-0.25, -0.2) is 0 Å². The van der Waals surface area contributed by atoms with E-state index >= 15 is 0 Å². The van der Waals surface area contributed by atoms with Gasteiger partial charge in [-0.3, -0.25) is 4.99 Å². The van der Waals surface area contributed by atoms with Gasteiger partial charge in [0.2, 0.25) is 0 Å². The molecule has 0 amide bonds. The van der Waals surface area contributed by atoms with E-state index < -0.39 is 0 Å². The summed E-state index contributed by atoms with van der Waals surface area (Å²) in [4.78, 5) is 7.19. The molecule has 2 heterocycles. The van der Waals surface area contributed by atoms with E-state index in [1.165, 1.54) is 16.8 Å². The van der Waals surface area contributed by atoms with Crippen molar-refractivity contribution in [2.24, 2.45) is 4.99 Å². The van der Waals surface area contributed by atoms with Gasteiger partial charge >= 0.3 is 0 Å². The van der Waals surface area contributed by atoms with Crippen LogP contribution in [0, 0.1) is 6.92 Å². The lowest BCUT2D eigenvalue weighted by Gasteiger charge is -2.25. The number of anilines is 1. The van der Waals surface area contributed by atoms with Gasteiger partial charge in [0.25, 0.3) is 0 Å². The van der Waals surface area contributed by atoms with E-state index in [1.807, 2.05) is 12.1 Å². The van der Waals surface area contributed by atoms with Crippen LogP contribution < -0.4 is 4.90 Å². The predicted octanol–water partition coefficient (Wildman–Crippen LogP) is 5.68. The molecule has 4 aromatic rings. The van der Waals surface area contributed by atoms with Crippen molar-refractivity contribution < 1.29 is 4.42 Å². The zero-order valence-electron chi connectivity index (χ0n) is 15.0. The fourth-order valence-corrected chi connectivity index (χ4v) is 3.97. The van der Waals surface area contributed by atoms with E-state index in [9.17, 15) is 0 Å². The van der Waals surface area contributed by atoms with Crippen molar-refractivity contribution in [2.75, 3.05) is 11.4 Å². The van der Waals surface area contributed by atoms with Crippen molar-refractivity contribution in [1.82, 2.24) is 0 Å². The van der Waals surface area contributed by atoms with E-state index in [2.05, 4.69) is 67.3 Å². The molecule has 3 nitrogen and oxygen atoms in total. The molecular weight excluding hydrogens is 320 g/mol. The summed E-state index contributed by atoms with van der Waals surface area (Å²) in [5.74, 6) is 1.02. The molecule has 3 aromatic carbocycles. The largest absolute Gasteiger partial charge is 0.455 e. The lowest BCUT2D eigenvalue weighted by atomic mass is 10.0. The Bertz CT molecular complexity index is 1170. The quantitative estimate of drug-likeness (QED) is 0.469. The Morgan fingerprint density at radius 1 is 0.962 bits per heavy atom. The van der Waals surface area contributed by atoms with Gasteiger partial charge in [0, 0.05) is 23.0 Å². The summed E-state index contributed by atoms with van der Waals surface area (Å²) >= 11 is 0. The first kappa shape index (κ1) is 15.2. The minimum atomic E-state index is 0.708. The topological polar surface area (TPSA) is 28.7 Å². The average Bonchev–Trinajstić information content (AvgIpc) is 3.25. The Morgan fingerprint density at radius 2 is 1.77 bits per heavy atom. The highest BCUT2D eigenvalue weighted by Crippen LogP contribution is 2.36. The van der Waals surface area contributed by atoms with Crippen molar-refractivity contribution in [1.29, 1.82) is 0 Å². The maximum absolute atomic E-state index is 6.28. The molecule has 0 bridgehead atoms. The summed E-state index contributed by atoms with van der Waals surface area (Å²) in [6, 6.07) is 21.1. The number of aliphatic imine (C=N–C) groups is 1. The predicted molar refractivity (Wildman–Crippen MR) is 108 cm³/mol. The van der Waals surface area contributed by atoms with Crippen molar-refractivity contribution >= 4 is 33.5 Å². The summed E-state index contributed by atoms with van der Waals surface area (Å²) in [5, 5.41) is 2.32. The molecular formula is C23H20N2O. The van der Waals surface area contributed by atoms with Gasteiger partial charge in [-0.1, -0.05) is 48.5 Å². The maximum atomic E-state index is 6.28. The zero-order valence-corrected chi connectivity index (χ0v) is 15.0. The third-order valence-corrected chi connectivity index (χ3v) is 5.23. The second kappa shape index (κ2) is 5.73. The van der Waals surface area contributed by atoms with E-state index in [-0.39, 0.29) is 0 Å². The number of para-hydroxylation sites is 2. The highest BCUT2D eigenvalue weighted by molar-refractivity contribution is 6.21. The van der Waals surface area contributed by atoms with E-state index in [1.54, 1.807) is 0 Å². The number of rotatable bonds is 2. The Balaban J connectivity index is 1.75. The van der Waals surface area contributed by atoms with E-state index in [4.69, 9.17) is 9.41 Å². The van der Waals surface area contributed by atoms with Crippen LogP contribution in [0.5, 0.6) is 0 Å². The summed E-state index contributed by atoms with van der Waals surface area (Å²) in [6.45, 7) is 5.89. The standard InChI is InChI=1S/C23H20N2O/c1-3-25(19-10-6-4-8-15(19)2)23-21-16(14-24-23)12-13-18-17-9-5-7-11-20(17)26-22(18)21/h4-13H,3,14H2,1-2H3. The Kier molecular flexibility index (Phi) is 3.35. The number of hydrogen-bond acceptors (Lipinski definition) is 3. The fourth-order valence-electron chi connectivity index (χ4n) is 3.97. The number of amidine groups is 1. The number of hydrogen-bond donors (Lipinski definition) is 0. The number of nitrogens with zero attached hydrogens (tertiary/aromatic N) is 2. The van der Waals surface area contributed by atoms with Crippen molar-refractivity contribution in [3.63, 3.8) is 0 Å². The lowest BCUT2D eigenvalue weighted by Crippen LogP contribution is -2.31. The first-order valence-electron chi connectivity index (χ1n) is 9.09. The van der Waals surface area contributed by atoms with Gasteiger partial charge in [0.15, 0.2) is 0 Å². The van der Waals surface area contributed by atoms with Crippen LogP contribution in [0.4, 0.5) is 5.69 Å². The highest BCUT2D eigenvalue weighted by atomic mass is 16.3. The molecule has 0 fully saturated rings. The van der Waals surface area contributed by atoms with Crippen LogP contribution in [-0.2, 0) is 6.54 Å². The molecule has 128 valence electrons. The van der Waals surface area contributed by atoms with Crippen LogP contribution in [0.1, 0.15) is 23.6 Å². The maximum Gasteiger partial charge on any atom is 0.146 e. The van der Waals surface area contributed by atoms with Gasteiger partial charge in [-0.2, -0.15) is 0 Å². The molecule has 1 aromatic heterocycles. The Morgan fingerprint density at radius 3 is 2.62 bits per heavy atom. The lowest BCUT2D eigenvalue weighted by molar-refractivity contribution is 0.667. The third kappa shape index (κ3) is 2.10. The van der Waals surface area contributed by atoms with Gasteiger partial charge < -0.3 is 9.32 Å². The Labute approximate surface area is 152 Å². The van der Waals surface area contributed by atoms with E-state index in [0.29, 0.717) is 6.54 Å². The molecule has 26 heavy (non-hydrogen) atoms. The normalized spacial score (nSPS) is 13.2.